The number of phenolic OH excluding ortho intramolecular Hbond substituents is 1. The van der Waals surface area contributed by atoms with E-state index in [1.165, 1.54) is 0 Å². The van der Waals surface area contributed by atoms with Crippen molar-refractivity contribution in [2.75, 3.05) is 5.32 Å². The summed E-state index contributed by atoms with van der Waals surface area (Å²) in [6, 6.07) is 14.5. The van der Waals surface area contributed by atoms with Gasteiger partial charge in [0, 0.05) is 42.0 Å². The highest BCUT2D eigenvalue weighted by atomic mass is 32.1. The van der Waals surface area contributed by atoms with E-state index in [-0.39, 0.29) is 30.0 Å². The maximum atomic E-state index is 12.2. The van der Waals surface area contributed by atoms with Gasteiger partial charge in [-0.25, -0.2) is 14.6 Å². The van der Waals surface area contributed by atoms with Crippen molar-refractivity contribution in [2.45, 2.75) is 64.1 Å². The zero-order chi connectivity index (χ0) is 25.5. The Hall–Kier alpha value is -3.59. The minimum Gasteiger partial charge on any atom is -0.507 e. The lowest BCUT2D eigenvalue weighted by atomic mass is 9.86. The maximum absolute atomic E-state index is 12.2. The third-order valence-corrected chi connectivity index (χ3v) is 7.27. The second-order valence-corrected chi connectivity index (χ2v) is 10.3. The van der Waals surface area contributed by atoms with Gasteiger partial charge in [-0.1, -0.05) is 30.3 Å². The number of phenols is 1. The van der Waals surface area contributed by atoms with Gasteiger partial charge in [0.25, 0.3) is 0 Å². The second kappa shape index (κ2) is 11.9. The Kier molecular flexibility index (Phi) is 8.43. The van der Waals surface area contributed by atoms with Gasteiger partial charge < -0.3 is 25.8 Å². The number of hydrogen-bond acceptors (Lipinski definition) is 6. The predicted octanol–water partition coefficient (Wildman–Crippen LogP) is 6.00. The molecule has 2 aromatic carbocycles. The van der Waals surface area contributed by atoms with Crippen molar-refractivity contribution in [2.24, 2.45) is 0 Å². The van der Waals surface area contributed by atoms with Crippen LogP contribution in [-0.4, -0.2) is 34.4 Å². The molecule has 0 saturated heterocycles. The van der Waals surface area contributed by atoms with Crippen molar-refractivity contribution in [1.29, 1.82) is 0 Å². The van der Waals surface area contributed by atoms with E-state index in [1.807, 2.05) is 44.2 Å². The molecule has 4 N–H and O–H groups in total. The topological polar surface area (TPSA) is 113 Å². The Morgan fingerprint density at radius 2 is 1.86 bits per heavy atom. The lowest BCUT2D eigenvalue weighted by Crippen LogP contribution is -2.38. The van der Waals surface area contributed by atoms with Gasteiger partial charge in [-0.15, -0.1) is 11.3 Å². The molecule has 36 heavy (non-hydrogen) atoms. The van der Waals surface area contributed by atoms with Gasteiger partial charge in [-0.05, 0) is 57.2 Å². The maximum Gasteiger partial charge on any atom is 0.407 e. The molecule has 1 aliphatic rings. The van der Waals surface area contributed by atoms with E-state index >= 15 is 0 Å². The summed E-state index contributed by atoms with van der Waals surface area (Å²) in [6.07, 6.45) is 4.94. The average Bonchev–Trinajstić information content (AvgIpc) is 3.33. The molecule has 1 aliphatic carbocycles. The lowest BCUT2D eigenvalue weighted by Gasteiger charge is -2.28. The third-order valence-electron chi connectivity index (χ3n) is 6.08. The number of ether oxygens (including phenoxy) is 1. The Labute approximate surface area is 215 Å². The standard InChI is InChI=1S/C27H32N4O4S/c1-17(2)35-27(34)31-20-10-8-19(9-11-20)25-28-16-24(36-25)22-13-12-21(14-23(22)32)30-26(33)29-15-18-6-4-3-5-7-18/h3-7,12-14,16-17,19-20,32H,8-11,15H2,1-2H3,(H,31,34)(H2,29,30,33)/t19-,20-. The quantitative estimate of drug-likeness (QED) is 0.313. The van der Waals surface area contributed by atoms with Crippen LogP contribution >= 0.6 is 11.3 Å². The monoisotopic (exact) mass is 508 g/mol. The van der Waals surface area contributed by atoms with E-state index in [0.29, 0.717) is 23.7 Å². The fourth-order valence-electron chi connectivity index (χ4n) is 4.27. The highest BCUT2D eigenvalue weighted by molar-refractivity contribution is 7.15. The second-order valence-electron chi connectivity index (χ2n) is 9.23. The molecule has 1 fully saturated rings. The minimum atomic E-state index is -0.355. The van der Waals surface area contributed by atoms with Gasteiger partial charge in [0.05, 0.1) is 16.0 Å². The van der Waals surface area contributed by atoms with Crippen LogP contribution in [0.3, 0.4) is 0 Å². The first-order chi connectivity index (χ1) is 17.4. The number of alkyl carbamates (subject to hydrolysis) is 1. The van der Waals surface area contributed by atoms with E-state index in [0.717, 1.165) is 41.1 Å². The highest BCUT2D eigenvalue weighted by Gasteiger charge is 2.26. The van der Waals surface area contributed by atoms with Crippen LogP contribution in [0, 0.1) is 0 Å². The Balaban J connectivity index is 1.30. The molecule has 0 unspecified atom stereocenters. The summed E-state index contributed by atoms with van der Waals surface area (Å²) in [6.45, 7) is 4.09. The molecule has 0 atom stereocenters. The summed E-state index contributed by atoms with van der Waals surface area (Å²) in [4.78, 5) is 29.6. The number of carbonyl (C=O) groups excluding carboxylic acids is 2. The number of nitrogens with one attached hydrogen (secondary N) is 3. The van der Waals surface area contributed by atoms with Crippen LogP contribution in [0.5, 0.6) is 5.75 Å². The molecule has 0 spiro atoms. The number of nitrogens with zero attached hydrogens (tertiary/aromatic N) is 1. The van der Waals surface area contributed by atoms with Gasteiger partial charge in [-0.2, -0.15) is 0 Å². The van der Waals surface area contributed by atoms with Crippen LogP contribution in [0.15, 0.2) is 54.7 Å². The Morgan fingerprint density at radius 1 is 1.11 bits per heavy atom. The number of aromatic hydroxyl groups is 1. The van der Waals surface area contributed by atoms with Crippen LogP contribution in [-0.2, 0) is 11.3 Å². The summed E-state index contributed by atoms with van der Waals surface area (Å²) in [5.74, 6) is 0.418. The van der Waals surface area contributed by atoms with Gasteiger partial charge in [0.15, 0.2) is 0 Å². The molecule has 8 nitrogen and oxygen atoms in total. The molecule has 3 aromatic rings. The molecule has 0 aliphatic heterocycles. The molecule has 3 amide bonds. The normalized spacial score (nSPS) is 17.4. The first kappa shape index (κ1) is 25.5. The number of thiazole rings is 1. The van der Waals surface area contributed by atoms with Crippen molar-refractivity contribution in [3.05, 3.63) is 65.3 Å². The van der Waals surface area contributed by atoms with Crippen molar-refractivity contribution >= 4 is 29.1 Å². The van der Waals surface area contributed by atoms with E-state index < -0.39 is 0 Å². The van der Waals surface area contributed by atoms with Crippen LogP contribution in [0.4, 0.5) is 15.3 Å². The molecule has 190 valence electrons. The fraction of sp³-hybridized carbons (Fsp3) is 0.370. The van der Waals surface area contributed by atoms with Gasteiger partial charge in [-0.3, -0.25) is 0 Å². The van der Waals surface area contributed by atoms with E-state index in [1.54, 1.807) is 35.7 Å². The van der Waals surface area contributed by atoms with E-state index in [2.05, 4.69) is 20.9 Å². The molecular weight excluding hydrogens is 476 g/mol. The third kappa shape index (κ3) is 6.97. The summed E-state index contributed by atoms with van der Waals surface area (Å²) < 4.78 is 5.18. The Bertz CT molecular complexity index is 1170. The van der Waals surface area contributed by atoms with Crippen molar-refractivity contribution in [1.82, 2.24) is 15.6 Å². The van der Waals surface area contributed by atoms with Crippen molar-refractivity contribution < 1.29 is 19.4 Å². The van der Waals surface area contributed by atoms with E-state index in [9.17, 15) is 14.7 Å². The van der Waals surface area contributed by atoms with E-state index in [4.69, 9.17) is 4.74 Å². The van der Waals surface area contributed by atoms with Crippen LogP contribution < -0.4 is 16.0 Å². The number of amides is 3. The summed E-state index contributed by atoms with van der Waals surface area (Å²) in [5, 5.41) is 20.2. The van der Waals surface area contributed by atoms with Crippen LogP contribution in [0.25, 0.3) is 10.4 Å². The van der Waals surface area contributed by atoms with Crippen molar-refractivity contribution in [3.63, 3.8) is 0 Å². The molecular formula is C27H32N4O4S. The molecule has 0 radical (unpaired) electrons. The predicted molar refractivity (Wildman–Crippen MR) is 141 cm³/mol. The number of benzene rings is 2. The lowest BCUT2D eigenvalue weighted by molar-refractivity contribution is 0.109. The summed E-state index contributed by atoms with van der Waals surface area (Å²) in [7, 11) is 0. The number of anilines is 1. The van der Waals surface area contributed by atoms with Crippen LogP contribution in [0.1, 0.15) is 56.0 Å². The SMILES string of the molecule is CC(C)OC(=O)N[C@H]1CC[C@H](c2ncc(-c3ccc(NC(=O)NCc4ccccc4)cc3O)s2)CC1. The molecule has 9 heteroatoms. The van der Waals surface area contributed by atoms with Crippen LogP contribution in [0.2, 0.25) is 0 Å². The summed E-state index contributed by atoms with van der Waals surface area (Å²) in [5.41, 5.74) is 2.19. The number of aromatic nitrogens is 1. The molecule has 1 heterocycles. The first-order valence-electron chi connectivity index (χ1n) is 12.2. The molecule has 0 bridgehead atoms. The molecule has 1 aromatic heterocycles. The zero-order valence-corrected chi connectivity index (χ0v) is 21.3. The van der Waals surface area contributed by atoms with Gasteiger partial charge in [0.1, 0.15) is 5.75 Å². The van der Waals surface area contributed by atoms with Crippen molar-refractivity contribution in [3.8, 4) is 16.2 Å². The number of hydrogen-bond donors (Lipinski definition) is 4. The minimum absolute atomic E-state index is 0.0858. The van der Waals surface area contributed by atoms with Gasteiger partial charge in [0.2, 0.25) is 0 Å². The smallest absolute Gasteiger partial charge is 0.407 e. The Morgan fingerprint density at radius 3 is 2.56 bits per heavy atom. The number of carbonyl (C=O) groups is 2. The summed E-state index contributed by atoms with van der Waals surface area (Å²) >= 11 is 1.57. The fourth-order valence-corrected chi connectivity index (χ4v) is 5.39. The highest BCUT2D eigenvalue weighted by Crippen LogP contribution is 2.40. The van der Waals surface area contributed by atoms with Gasteiger partial charge >= 0.3 is 12.1 Å². The number of urea groups is 1. The first-order valence-corrected chi connectivity index (χ1v) is 13.0. The average molecular weight is 509 g/mol. The number of rotatable bonds is 7. The largest absolute Gasteiger partial charge is 0.507 e. The zero-order valence-electron chi connectivity index (χ0n) is 20.5. The molecule has 4 rings (SSSR count). The molecule has 1 saturated carbocycles.